The molecule has 1 aliphatic rings. The topological polar surface area (TPSA) is 91.8 Å². The van der Waals surface area contributed by atoms with E-state index >= 15 is 0 Å². The molecule has 0 radical (unpaired) electrons. The fourth-order valence-electron chi connectivity index (χ4n) is 2.85. The molecule has 0 saturated heterocycles. The molecule has 0 spiro atoms. The number of aryl methyl sites for hydroxylation is 2. The average molecular weight is 339 g/mol. The number of fused-ring (bicyclic) bond motifs is 3. The van der Waals surface area contributed by atoms with E-state index in [1.807, 2.05) is 42.8 Å². The molecular formula is C18H21N5O2. The Morgan fingerprint density at radius 1 is 1.28 bits per heavy atom. The summed E-state index contributed by atoms with van der Waals surface area (Å²) < 4.78 is 1.99. The minimum atomic E-state index is -0.0358. The Morgan fingerprint density at radius 3 is 2.76 bits per heavy atom. The number of hydrogen-bond acceptors (Lipinski definition) is 4. The van der Waals surface area contributed by atoms with Gasteiger partial charge >= 0.3 is 0 Å². The summed E-state index contributed by atoms with van der Waals surface area (Å²) in [6.07, 6.45) is 1.74. The number of hydrogen-bond donors (Lipinski definition) is 3. The van der Waals surface area contributed by atoms with E-state index in [4.69, 9.17) is 0 Å². The maximum atomic E-state index is 11.8. The van der Waals surface area contributed by atoms with Crippen molar-refractivity contribution in [2.45, 2.75) is 19.9 Å². The van der Waals surface area contributed by atoms with E-state index in [1.165, 1.54) is 0 Å². The first-order chi connectivity index (χ1) is 12.1. The summed E-state index contributed by atoms with van der Waals surface area (Å²) in [5, 5.41) is 13.5. The van der Waals surface area contributed by atoms with Gasteiger partial charge in [0, 0.05) is 48.4 Å². The van der Waals surface area contributed by atoms with Crippen molar-refractivity contribution < 1.29 is 9.59 Å². The number of benzene rings is 1. The molecule has 0 fully saturated rings. The maximum absolute atomic E-state index is 11.8. The van der Waals surface area contributed by atoms with E-state index in [1.54, 1.807) is 6.07 Å². The SMILES string of the molecule is CNc1cc(C)[nH]n1.O=Cc1ccc2cc3n(c2c1)CCCNC3=O. The molecule has 0 unspecified atom stereocenters. The Kier molecular flexibility index (Phi) is 4.83. The van der Waals surface area contributed by atoms with Crippen LogP contribution in [0.4, 0.5) is 5.82 Å². The van der Waals surface area contributed by atoms with E-state index in [2.05, 4.69) is 20.8 Å². The van der Waals surface area contributed by atoms with Gasteiger partial charge in [-0.05, 0) is 25.5 Å². The number of aromatic amines is 1. The first-order valence-electron chi connectivity index (χ1n) is 8.19. The average Bonchev–Trinajstić information content (AvgIpc) is 3.16. The molecule has 7 heteroatoms. The highest BCUT2D eigenvalue weighted by atomic mass is 16.2. The lowest BCUT2D eigenvalue weighted by molar-refractivity contribution is 0.0951. The normalized spacial score (nSPS) is 13.3. The van der Waals surface area contributed by atoms with Crippen LogP contribution in [0.1, 0.15) is 33.0 Å². The highest BCUT2D eigenvalue weighted by Gasteiger charge is 2.17. The first kappa shape index (κ1) is 16.8. The molecule has 1 aliphatic heterocycles. The van der Waals surface area contributed by atoms with Gasteiger partial charge in [0.25, 0.3) is 5.91 Å². The molecule has 1 amide bonds. The first-order valence-corrected chi connectivity index (χ1v) is 8.19. The van der Waals surface area contributed by atoms with Crippen LogP contribution in [-0.2, 0) is 6.54 Å². The molecule has 4 rings (SSSR count). The molecule has 0 atom stereocenters. The largest absolute Gasteiger partial charge is 0.372 e. The summed E-state index contributed by atoms with van der Waals surface area (Å²) in [4.78, 5) is 22.6. The molecular weight excluding hydrogens is 318 g/mol. The number of rotatable bonds is 2. The van der Waals surface area contributed by atoms with Gasteiger partial charge in [-0.2, -0.15) is 5.10 Å². The van der Waals surface area contributed by atoms with Crippen molar-refractivity contribution in [1.82, 2.24) is 20.1 Å². The van der Waals surface area contributed by atoms with Crippen molar-refractivity contribution >= 4 is 28.9 Å². The molecule has 2 aromatic heterocycles. The van der Waals surface area contributed by atoms with Crippen molar-refractivity contribution in [2.24, 2.45) is 0 Å². The zero-order valence-electron chi connectivity index (χ0n) is 14.3. The number of anilines is 1. The van der Waals surface area contributed by atoms with E-state index in [0.29, 0.717) is 17.8 Å². The second kappa shape index (κ2) is 7.21. The van der Waals surface area contributed by atoms with E-state index in [-0.39, 0.29) is 5.91 Å². The highest BCUT2D eigenvalue weighted by Crippen LogP contribution is 2.22. The Labute approximate surface area is 145 Å². The van der Waals surface area contributed by atoms with Crippen LogP contribution in [0.5, 0.6) is 0 Å². The number of nitrogens with zero attached hydrogens (tertiary/aromatic N) is 2. The van der Waals surface area contributed by atoms with Gasteiger partial charge in [0.05, 0.1) is 0 Å². The lowest BCUT2D eigenvalue weighted by Gasteiger charge is -2.04. The Morgan fingerprint density at radius 2 is 2.12 bits per heavy atom. The fourth-order valence-corrected chi connectivity index (χ4v) is 2.85. The zero-order chi connectivity index (χ0) is 17.8. The van der Waals surface area contributed by atoms with Gasteiger partial charge in [-0.3, -0.25) is 14.7 Å². The molecule has 7 nitrogen and oxygen atoms in total. The van der Waals surface area contributed by atoms with Crippen LogP contribution < -0.4 is 10.6 Å². The summed E-state index contributed by atoms with van der Waals surface area (Å²) in [7, 11) is 1.84. The van der Waals surface area contributed by atoms with Gasteiger partial charge in [0.2, 0.25) is 0 Å². The molecule has 0 bridgehead atoms. The van der Waals surface area contributed by atoms with Gasteiger partial charge in [0.15, 0.2) is 0 Å². The minimum Gasteiger partial charge on any atom is -0.372 e. The smallest absolute Gasteiger partial charge is 0.267 e. The molecule has 25 heavy (non-hydrogen) atoms. The number of carbonyl (C=O) groups excluding carboxylic acids is 2. The molecule has 0 saturated carbocycles. The predicted octanol–water partition coefficient (Wildman–Crippen LogP) is 2.35. The summed E-state index contributed by atoms with van der Waals surface area (Å²) in [5.41, 5.74) is 3.36. The number of aldehydes is 1. The van der Waals surface area contributed by atoms with Gasteiger partial charge < -0.3 is 15.2 Å². The van der Waals surface area contributed by atoms with Crippen molar-refractivity contribution in [1.29, 1.82) is 0 Å². The van der Waals surface area contributed by atoms with E-state index in [0.717, 1.165) is 41.7 Å². The van der Waals surface area contributed by atoms with E-state index in [9.17, 15) is 9.59 Å². The fraction of sp³-hybridized carbons (Fsp3) is 0.278. The molecule has 3 heterocycles. The molecule has 3 aromatic rings. The van der Waals surface area contributed by atoms with Gasteiger partial charge in [0.1, 0.15) is 17.8 Å². The summed E-state index contributed by atoms with van der Waals surface area (Å²) in [6.45, 7) is 3.48. The monoisotopic (exact) mass is 339 g/mol. The van der Waals surface area contributed by atoms with Crippen LogP contribution in [0.25, 0.3) is 10.9 Å². The number of nitrogens with one attached hydrogen (secondary N) is 3. The maximum Gasteiger partial charge on any atom is 0.267 e. The highest BCUT2D eigenvalue weighted by molar-refractivity contribution is 6.00. The van der Waals surface area contributed by atoms with Crippen molar-refractivity contribution in [3.05, 3.63) is 47.3 Å². The quantitative estimate of drug-likeness (QED) is 0.625. The van der Waals surface area contributed by atoms with Crippen molar-refractivity contribution in [3.63, 3.8) is 0 Å². The Balaban J connectivity index is 0.000000192. The zero-order valence-corrected chi connectivity index (χ0v) is 14.3. The van der Waals surface area contributed by atoms with Crippen LogP contribution >= 0.6 is 0 Å². The third-order valence-corrected chi connectivity index (χ3v) is 4.10. The molecule has 1 aromatic carbocycles. The standard InChI is InChI=1S/C13H12N2O2.C5H9N3/c16-8-9-2-3-10-7-12-13(17)14-4-1-5-15(12)11(10)6-9;1-4-3-5(6-2)8-7-4/h2-3,6-8H,1,4-5H2,(H,14,17);3H,1-2H3,(H2,6,7,8). The number of amides is 1. The van der Waals surface area contributed by atoms with Gasteiger partial charge in [-0.15, -0.1) is 0 Å². The summed E-state index contributed by atoms with van der Waals surface area (Å²) in [6, 6.07) is 9.32. The number of aromatic nitrogens is 3. The van der Waals surface area contributed by atoms with E-state index < -0.39 is 0 Å². The Hall–Kier alpha value is -3.09. The van der Waals surface area contributed by atoms with Crippen LogP contribution in [0.3, 0.4) is 0 Å². The minimum absolute atomic E-state index is 0.0358. The lowest BCUT2D eigenvalue weighted by Crippen LogP contribution is -2.22. The molecule has 0 aliphatic carbocycles. The van der Waals surface area contributed by atoms with Crippen LogP contribution in [0, 0.1) is 6.92 Å². The Bertz CT molecular complexity index is 909. The summed E-state index contributed by atoms with van der Waals surface area (Å²) in [5.74, 6) is 0.855. The second-order valence-electron chi connectivity index (χ2n) is 5.91. The molecule has 3 N–H and O–H groups in total. The van der Waals surface area contributed by atoms with Gasteiger partial charge in [-0.1, -0.05) is 12.1 Å². The lowest BCUT2D eigenvalue weighted by atomic mass is 10.2. The third-order valence-electron chi connectivity index (χ3n) is 4.10. The third kappa shape index (κ3) is 3.55. The van der Waals surface area contributed by atoms with Crippen molar-refractivity contribution in [3.8, 4) is 0 Å². The van der Waals surface area contributed by atoms with Crippen LogP contribution in [0.15, 0.2) is 30.3 Å². The summed E-state index contributed by atoms with van der Waals surface area (Å²) >= 11 is 0. The second-order valence-corrected chi connectivity index (χ2v) is 5.91. The predicted molar refractivity (Wildman–Crippen MR) is 97.1 cm³/mol. The van der Waals surface area contributed by atoms with Crippen LogP contribution in [-0.4, -0.2) is 40.6 Å². The molecule has 130 valence electrons. The van der Waals surface area contributed by atoms with Crippen molar-refractivity contribution in [2.75, 3.05) is 18.9 Å². The van der Waals surface area contributed by atoms with Crippen LogP contribution in [0.2, 0.25) is 0 Å². The number of H-pyrrole nitrogens is 1. The van der Waals surface area contributed by atoms with Gasteiger partial charge in [-0.25, -0.2) is 0 Å². The number of carbonyl (C=O) groups is 2.